The molecule has 0 unspecified atom stereocenters. The number of benzene rings is 3. The largest absolute Gasteiger partial charge is 0.493 e. The van der Waals surface area contributed by atoms with Crippen molar-refractivity contribution in [3.05, 3.63) is 102 Å². The summed E-state index contributed by atoms with van der Waals surface area (Å²) in [6.45, 7) is 4.25. The van der Waals surface area contributed by atoms with Crippen molar-refractivity contribution >= 4 is 11.9 Å². The van der Waals surface area contributed by atoms with E-state index >= 15 is 0 Å². The maximum absolute atomic E-state index is 12.7. The van der Waals surface area contributed by atoms with E-state index in [4.69, 9.17) is 18.6 Å². The van der Waals surface area contributed by atoms with Gasteiger partial charge in [0, 0.05) is 5.56 Å². The number of nitrogens with zero attached hydrogens (tertiary/aromatic N) is 1. The van der Waals surface area contributed by atoms with Crippen molar-refractivity contribution in [2.24, 2.45) is 0 Å². The van der Waals surface area contributed by atoms with Crippen LogP contribution in [0.3, 0.4) is 0 Å². The van der Waals surface area contributed by atoms with Crippen LogP contribution in [0.15, 0.2) is 89.6 Å². The Bertz CT molecular complexity index is 1310. The zero-order chi connectivity index (χ0) is 24.6. The van der Waals surface area contributed by atoms with Gasteiger partial charge < -0.3 is 18.6 Å². The van der Waals surface area contributed by atoms with Gasteiger partial charge in [-0.2, -0.15) is 0 Å². The molecule has 1 heterocycles. The molecule has 0 fully saturated rings. The molecule has 35 heavy (non-hydrogen) atoms. The maximum Gasteiger partial charge on any atom is 0.226 e. The molecule has 0 N–H and O–H groups in total. The zero-order valence-electron chi connectivity index (χ0n) is 19.9. The SMILES string of the molecule is COc1ccc(-c2nc(/C=C/C(=O)c3ccccc3OC(C)C)co2)cc1OCc1ccccc1. The highest BCUT2D eigenvalue weighted by Crippen LogP contribution is 2.33. The minimum Gasteiger partial charge on any atom is -0.493 e. The molecule has 1 aromatic heterocycles. The predicted octanol–water partition coefficient (Wildman–Crippen LogP) is 6.61. The molecule has 0 spiro atoms. The van der Waals surface area contributed by atoms with Gasteiger partial charge in [-0.25, -0.2) is 4.98 Å². The van der Waals surface area contributed by atoms with Crippen LogP contribution in [-0.2, 0) is 6.61 Å². The zero-order valence-corrected chi connectivity index (χ0v) is 19.9. The number of oxazole rings is 1. The summed E-state index contributed by atoms with van der Waals surface area (Å²) in [6, 6.07) is 22.6. The molecular formula is C29H27NO5. The molecule has 0 amide bonds. The van der Waals surface area contributed by atoms with Crippen molar-refractivity contribution in [1.82, 2.24) is 4.98 Å². The Kier molecular flexibility index (Phi) is 7.63. The van der Waals surface area contributed by atoms with Crippen molar-refractivity contribution in [3.8, 4) is 28.7 Å². The fourth-order valence-electron chi connectivity index (χ4n) is 3.43. The van der Waals surface area contributed by atoms with E-state index in [0.717, 1.165) is 11.1 Å². The van der Waals surface area contributed by atoms with E-state index in [2.05, 4.69) is 4.98 Å². The van der Waals surface area contributed by atoms with Crippen molar-refractivity contribution < 1.29 is 23.4 Å². The van der Waals surface area contributed by atoms with Crippen molar-refractivity contribution in [2.45, 2.75) is 26.6 Å². The summed E-state index contributed by atoms with van der Waals surface area (Å²) in [5.41, 5.74) is 2.80. The average molecular weight is 470 g/mol. The Hall–Kier alpha value is -4.32. The number of carbonyl (C=O) groups excluding carboxylic acids is 1. The number of hydrogen-bond acceptors (Lipinski definition) is 6. The van der Waals surface area contributed by atoms with E-state index in [1.165, 1.54) is 12.3 Å². The van der Waals surface area contributed by atoms with Crippen LogP contribution in [0.4, 0.5) is 0 Å². The first kappa shape index (κ1) is 23.8. The fourth-order valence-corrected chi connectivity index (χ4v) is 3.43. The summed E-state index contributed by atoms with van der Waals surface area (Å²) >= 11 is 0. The number of carbonyl (C=O) groups is 1. The molecule has 6 nitrogen and oxygen atoms in total. The van der Waals surface area contributed by atoms with Crippen LogP contribution in [0.25, 0.3) is 17.5 Å². The van der Waals surface area contributed by atoms with Gasteiger partial charge in [0.2, 0.25) is 5.89 Å². The Labute approximate surface area is 204 Å². The van der Waals surface area contributed by atoms with Crippen molar-refractivity contribution in [3.63, 3.8) is 0 Å². The van der Waals surface area contributed by atoms with Crippen LogP contribution in [0, 0.1) is 0 Å². The van der Waals surface area contributed by atoms with Gasteiger partial charge in [-0.1, -0.05) is 42.5 Å². The first-order valence-corrected chi connectivity index (χ1v) is 11.3. The molecule has 3 aromatic carbocycles. The van der Waals surface area contributed by atoms with E-state index < -0.39 is 0 Å². The van der Waals surface area contributed by atoms with Gasteiger partial charge in [-0.3, -0.25) is 4.79 Å². The van der Waals surface area contributed by atoms with Gasteiger partial charge >= 0.3 is 0 Å². The van der Waals surface area contributed by atoms with Crippen LogP contribution in [-0.4, -0.2) is 24.0 Å². The third-order valence-corrected chi connectivity index (χ3v) is 5.09. The molecule has 0 saturated heterocycles. The molecule has 0 aliphatic rings. The van der Waals surface area contributed by atoms with Gasteiger partial charge in [0.25, 0.3) is 0 Å². The summed E-state index contributed by atoms with van der Waals surface area (Å²) in [4.78, 5) is 17.2. The maximum atomic E-state index is 12.7. The van der Waals surface area contributed by atoms with Crippen LogP contribution >= 0.6 is 0 Å². The highest BCUT2D eigenvalue weighted by atomic mass is 16.5. The van der Waals surface area contributed by atoms with Crippen LogP contribution in [0.1, 0.15) is 35.5 Å². The number of hydrogen-bond donors (Lipinski definition) is 0. The Morgan fingerprint density at radius 2 is 1.74 bits per heavy atom. The number of allylic oxidation sites excluding steroid dienone is 1. The molecule has 0 radical (unpaired) electrons. The summed E-state index contributed by atoms with van der Waals surface area (Å²) in [6.07, 6.45) is 4.56. The van der Waals surface area contributed by atoms with Crippen molar-refractivity contribution in [2.75, 3.05) is 7.11 Å². The molecule has 0 saturated carbocycles. The lowest BCUT2D eigenvalue weighted by Gasteiger charge is -2.12. The lowest BCUT2D eigenvalue weighted by Crippen LogP contribution is -2.09. The molecule has 0 bridgehead atoms. The summed E-state index contributed by atoms with van der Waals surface area (Å²) in [5, 5.41) is 0. The van der Waals surface area contributed by atoms with E-state index in [1.54, 1.807) is 25.3 Å². The Morgan fingerprint density at radius 1 is 0.971 bits per heavy atom. The average Bonchev–Trinajstić information content (AvgIpc) is 3.35. The van der Waals surface area contributed by atoms with Gasteiger partial charge in [-0.05, 0) is 61.9 Å². The summed E-state index contributed by atoms with van der Waals surface area (Å²) < 4.78 is 22.8. The number of ketones is 1. The van der Waals surface area contributed by atoms with E-state index in [-0.39, 0.29) is 11.9 Å². The normalized spacial score (nSPS) is 11.1. The second-order valence-electron chi connectivity index (χ2n) is 8.08. The van der Waals surface area contributed by atoms with Crippen molar-refractivity contribution in [1.29, 1.82) is 0 Å². The van der Waals surface area contributed by atoms with Crippen LogP contribution in [0.5, 0.6) is 17.2 Å². The third kappa shape index (κ3) is 6.18. The summed E-state index contributed by atoms with van der Waals surface area (Å²) in [5.74, 6) is 1.99. The first-order chi connectivity index (χ1) is 17.0. The molecule has 178 valence electrons. The van der Waals surface area contributed by atoms with Gasteiger partial charge in [-0.15, -0.1) is 0 Å². The lowest BCUT2D eigenvalue weighted by molar-refractivity contribution is 0.104. The summed E-state index contributed by atoms with van der Waals surface area (Å²) in [7, 11) is 1.60. The fraction of sp³-hybridized carbons (Fsp3) is 0.172. The number of methoxy groups -OCH3 is 1. The van der Waals surface area contributed by atoms with Gasteiger partial charge in [0.15, 0.2) is 17.3 Å². The third-order valence-electron chi connectivity index (χ3n) is 5.09. The standard InChI is InChI=1S/C29H27NO5/c1-20(2)35-26-12-8-7-11-24(26)25(31)15-14-23-19-34-29(30-23)22-13-16-27(32-3)28(17-22)33-18-21-9-5-4-6-10-21/h4-17,19-20H,18H2,1-3H3/b15-14+. The lowest BCUT2D eigenvalue weighted by atomic mass is 10.1. The number of ether oxygens (including phenoxy) is 3. The van der Waals surface area contributed by atoms with Crippen LogP contribution < -0.4 is 14.2 Å². The Balaban J connectivity index is 1.49. The number of aromatic nitrogens is 1. The molecule has 6 heteroatoms. The molecule has 0 aliphatic heterocycles. The number of para-hydroxylation sites is 1. The molecule has 0 aliphatic carbocycles. The van der Waals surface area contributed by atoms with Crippen LogP contribution in [0.2, 0.25) is 0 Å². The second kappa shape index (κ2) is 11.2. The molecule has 4 aromatic rings. The topological polar surface area (TPSA) is 70.8 Å². The van der Waals surface area contributed by atoms with E-state index in [9.17, 15) is 4.79 Å². The minimum atomic E-state index is -0.174. The van der Waals surface area contributed by atoms with E-state index in [0.29, 0.717) is 41.0 Å². The Morgan fingerprint density at radius 3 is 2.51 bits per heavy atom. The highest BCUT2D eigenvalue weighted by molar-refractivity contribution is 6.08. The molecular weight excluding hydrogens is 442 g/mol. The molecule has 4 rings (SSSR count). The van der Waals surface area contributed by atoms with E-state index in [1.807, 2.05) is 74.5 Å². The highest BCUT2D eigenvalue weighted by Gasteiger charge is 2.13. The van der Waals surface area contributed by atoms with Gasteiger partial charge in [0.1, 0.15) is 24.3 Å². The monoisotopic (exact) mass is 469 g/mol. The quantitative estimate of drug-likeness (QED) is 0.192. The van der Waals surface area contributed by atoms with Gasteiger partial charge in [0.05, 0.1) is 18.8 Å². The number of rotatable bonds is 10. The first-order valence-electron chi connectivity index (χ1n) is 11.3. The molecule has 0 atom stereocenters. The second-order valence-corrected chi connectivity index (χ2v) is 8.08. The smallest absolute Gasteiger partial charge is 0.226 e. The minimum absolute atomic E-state index is 0.0305. The predicted molar refractivity (Wildman–Crippen MR) is 135 cm³/mol.